The number of pyridine rings is 2. The number of rotatable bonds is 4. The number of nitrogens with zero attached hydrogens (tertiary/aromatic N) is 2. The first-order valence-electron chi connectivity index (χ1n) is 5.23. The van der Waals surface area contributed by atoms with Gasteiger partial charge in [0.1, 0.15) is 10.8 Å². The Labute approximate surface area is 115 Å². The van der Waals surface area contributed by atoms with Gasteiger partial charge in [0.2, 0.25) is 0 Å². The SMILES string of the molecule is COc1ccc(S/C=C/c2ncccc2Cl)nc1. The predicted molar refractivity (Wildman–Crippen MR) is 74.9 cm³/mol. The van der Waals surface area contributed by atoms with Gasteiger partial charge in [-0.05, 0) is 35.7 Å². The van der Waals surface area contributed by atoms with Gasteiger partial charge in [-0.2, -0.15) is 0 Å². The third-order valence-corrected chi connectivity index (χ3v) is 3.22. The number of halogens is 1. The lowest BCUT2D eigenvalue weighted by Gasteiger charge is -1.99. The van der Waals surface area contributed by atoms with Crippen LogP contribution < -0.4 is 4.74 Å². The van der Waals surface area contributed by atoms with Gasteiger partial charge in [0.05, 0.1) is 24.0 Å². The molecule has 2 rings (SSSR count). The van der Waals surface area contributed by atoms with Gasteiger partial charge in [0.15, 0.2) is 0 Å². The first-order valence-corrected chi connectivity index (χ1v) is 6.49. The van der Waals surface area contributed by atoms with Crippen LogP contribution in [0.15, 0.2) is 47.1 Å². The fraction of sp³-hybridized carbons (Fsp3) is 0.0769. The molecule has 18 heavy (non-hydrogen) atoms. The molecule has 5 heteroatoms. The first kappa shape index (κ1) is 12.9. The van der Waals surface area contributed by atoms with E-state index in [0.29, 0.717) is 5.02 Å². The summed E-state index contributed by atoms with van der Waals surface area (Å²) in [6.07, 6.45) is 5.25. The number of ether oxygens (including phenoxy) is 1. The zero-order chi connectivity index (χ0) is 12.8. The molecule has 2 aromatic rings. The summed E-state index contributed by atoms with van der Waals surface area (Å²) in [7, 11) is 1.62. The van der Waals surface area contributed by atoms with Crippen LogP contribution in [0, 0.1) is 0 Å². The molecule has 2 heterocycles. The standard InChI is InChI=1S/C13H11ClN2OS/c1-17-10-4-5-13(16-9-10)18-8-6-12-11(14)3-2-7-15-12/h2-9H,1H3/b8-6+. The molecule has 0 spiro atoms. The molecule has 0 amide bonds. The molecule has 3 nitrogen and oxygen atoms in total. The van der Waals surface area contributed by atoms with Crippen LogP contribution >= 0.6 is 23.4 Å². The Balaban J connectivity index is 2.00. The van der Waals surface area contributed by atoms with Gasteiger partial charge >= 0.3 is 0 Å². The zero-order valence-electron chi connectivity index (χ0n) is 9.71. The molecule has 0 saturated heterocycles. The van der Waals surface area contributed by atoms with Gasteiger partial charge in [0, 0.05) is 6.20 Å². The molecule has 0 atom stereocenters. The van der Waals surface area contributed by atoms with E-state index in [0.717, 1.165) is 16.5 Å². The van der Waals surface area contributed by atoms with Crippen molar-refractivity contribution in [1.29, 1.82) is 0 Å². The average Bonchev–Trinajstić information content (AvgIpc) is 2.42. The monoisotopic (exact) mass is 278 g/mol. The molecule has 0 N–H and O–H groups in total. The maximum absolute atomic E-state index is 5.99. The highest BCUT2D eigenvalue weighted by Crippen LogP contribution is 2.21. The van der Waals surface area contributed by atoms with Gasteiger partial charge in [-0.15, -0.1) is 0 Å². The van der Waals surface area contributed by atoms with Crippen molar-refractivity contribution in [1.82, 2.24) is 9.97 Å². The number of hydrogen-bond acceptors (Lipinski definition) is 4. The van der Waals surface area contributed by atoms with E-state index in [9.17, 15) is 0 Å². The summed E-state index contributed by atoms with van der Waals surface area (Å²) < 4.78 is 5.04. The van der Waals surface area contributed by atoms with E-state index >= 15 is 0 Å². The van der Waals surface area contributed by atoms with Gasteiger partial charge in [0.25, 0.3) is 0 Å². The Morgan fingerprint density at radius 2 is 2.17 bits per heavy atom. The summed E-state index contributed by atoms with van der Waals surface area (Å²) in [5, 5.41) is 3.43. The molecule has 0 aliphatic rings. The highest BCUT2D eigenvalue weighted by atomic mass is 35.5. The van der Waals surface area contributed by atoms with Crippen molar-refractivity contribution < 1.29 is 4.74 Å². The largest absolute Gasteiger partial charge is 0.495 e. The van der Waals surface area contributed by atoms with Crippen molar-refractivity contribution >= 4 is 29.4 Å². The minimum absolute atomic E-state index is 0.636. The number of thioether (sulfide) groups is 1. The number of hydrogen-bond donors (Lipinski definition) is 0. The molecule has 0 radical (unpaired) electrons. The number of methoxy groups -OCH3 is 1. The summed E-state index contributed by atoms with van der Waals surface area (Å²) in [5.41, 5.74) is 0.750. The Hall–Kier alpha value is -1.52. The van der Waals surface area contributed by atoms with Crippen molar-refractivity contribution in [3.63, 3.8) is 0 Å². The second-order valence-electron chi connectivity index (χ2n) is 3.33. The summed E-state index contributed by atoms with van der Waals surface area (Å²) in [6.45, 7) is 0. The van der Waals surface area contributed by atoms with Gasteiger partial charge in [-0.3, -0.25) is 4.98 Å². The van der Waals surface area contributed by atoms with Crippen LogP contribution in [0.5, 0.6) is 5.75 Å². The molecule has 0 aromatic carbocycles. The Morgan fingerprint density at radius 1 is 1.28 bits per heavy atom. The van der Waals surface area contributed by atoms with E-state index in [-0.39, 0.29) is 0 Å². The fourth-order valence-electron chi connectivity index (χ4n) is 1.25. The lowest BCUT2D eigenvalue weighted by Crippen LogP contribution is -1.84. The quantitative estimate of drug-likeness (QED) is 0.795. The molecule has 0 bridgehead atoms. The summed E-state index contributed by atoms with van der Waals surface area (Å²) in [4.78, 5) is 8.40. The van der Waals surface area contributed by atoms with Crippen molar-refractivity contribution in [3.05, 3.63) is 52.8 Å². The van der Waals surface area contributed by atoms with Gasteiger partial charge < -0.3 is 4.74 Å². The highest BCUT2D eigenvalue weighted by molar-refractivity contribution is 8.02. The van der Waals surface area contributed by atoms with E-state index in [1.807, 2.05) is 29.7 Å². The van der Waals surface area contributed by atoms with E-state index in [1.165, 1.54) is 11.8 Å². The van der Waals surface area contributed by atoms with Crippen molar-refractivity contribution in [2.24, 2.45) is 0 Å². The zero-order valence-corrected chi connectivity index (χ0v) is 11.3. The first-order chi connectivity index (χ1) is 8.79. The van der Waals surface area contributed by atoms with Crippen molar-refractivity contribution in [2.75, 3.05) is 7.11 Å². The van der Waals surface area contributed by atoms with E-state index in [4.69, 9.17) is 16.3 Å². The summed E-state index contributed by atoms with van der Waals surface area (Å²) in [6, 6.07) is 7.38. The van der Waals surface area contributed by atoms with Crippen LogP contribution in [0.25, 0.3) is 6.08 Å². The molecular weight excluding hydrogens is 268 g/mol. The van der Waals surface area contributed by atoms with Crippen LogP contribution in [0.4, 0.5) is 0 Å². The van der Waals surface area contributed by atoms with Crippen LogP contribution in [-0.2, 0) is 0 Å². The third kappa shape index (κ3) is 3.48. The molecule has 0 fully saturated rings. The van der Waals surface area contributed by atoms with Gasteiger partial charge in [-0.1, -0.05) is 23.4 Å². The Bertz CT molecular complexity index is 543. The van der Waals surface area contributed by atoms with Crippen molar-refractivity contribution in [2.45, 2.75) is 5.03 Å². The van der Waals surface area contributed by atoms with Crippen LogP contribution in [0.3, 0.4) is 0 Å². The van der Waals surface area contributed by atoms with Crippen molar-refractivity contribution in [3.8, 4) is 5.75 Å². The maximum Gasteiger partial charge on any atom is 0.137 e. The molecular formula is C13H11ClN2OS. The second-order valence-corrected chi connectivity index (χ2v) is 4.66. The molecule has 92 valence electrons. The van der Waals surface area contributed by atoms with E-state index < -0.39 is 0 Å². The molecule has 2 aromatic heterocycles. The molecule has 0 saturated carbocycles. The average molecular weight is 279 g/mol. The normalized spacial score (nSPS) is 10.8. The number of aromatic nitrogens is 2. The maximum atomic E-state index is 5.99. The minimum Gasteiger partial charge on any atom is -0.495 e. The molecule has 0 aliphatic heterocycles. The summed E-state index contributed by atoms with van der Waals surface area (Å²) in [5.74, 6) is 0.746. The third-order valence-electron chi connectivity index (χ3n) is 2.15. The topological polar surface area (TPSA) is 35.0 Å². The Morgan fingerprint density at radius 3 is 2.83 bits per heavy atom. The lowest BCUT2D eigenvalue weighted by atomic mass is 10.3. The van der Waals surface area contributed by atoms with Crippen LogP contribution in [0.2, 0.25) is 5.02 Å². The van der Waals surface area contributed by atoms with Crippen LogP contribution in [0.1, 0.15) is 5.69 Å². The van der Waals surface area contributed by atoms with Gasteiger partial charge in [-0.25, -0.2) is 4.98 Å². The summed E-state index contributed by atoms with van der Waals surface area (Å²) >= 11 is 7.49. The smallest absolute Gasteiger partial charge is 0.137 e. The minimum atomic E-state index is 0.636. The fourth-order valence-corrected chi connectivity index (χ4v) is 2.03. The van der Waals surface area contributed by atoms with Crippen LogP contribution in [-0.4, -0.2) is 17.1 Å². The van der Waals surface area contributed by atoms with E-state index in [1.54, 1.807) is 25.6 Å². The molecule has 0 aliphatic carbocycles. The molecule has 0 unspecified atom stereocenters. The Kier molecular flexibility index (Phi) is 4.61. The van der Waals surface area contributed by atoms with E-state index in [2.05, 4.69) is 9.97 Å². The predicted octanol–water partition coefficient (Wildman–Crippen LogP) is 3.90. The lowest BCUT2D eigenvalue weighted by molar-refractivity contribution is 0.412. The second kappa shape index (κ2) is 6.42. The highest BCUT2D eigenvalue weighted by Gasteiger charge is 1.96.